The summed E-state index contributed by atoms with van der Waals surface area (Å²) in [6.07, 6.45) is 16.5. The van der Waals surface area contributed by atoms with Crippen LogP contribution in [-0.4, -0.2) is 215 Å². The molecule has 23 nitrogen and oxygen atoms in total. The molecule has 18 unspecified atom stereocenters. The van der Waals surface area contributed by atoms with Gasteiger partial charge < -0.3 is 100 Å². The number of unbranched alkanes of at least 4 members (excludes halogenated alkanes) is 29. The number of carbonyl (C=O) groups is 3. The van der Waals surface area contributed by atoms with Crippen molar-refractivity contribution in [3.05, 3.63) is 24.3 Å². The van der Waals surface area contributed by atoms with Crippen molar-refractivity contribution in [2.45, 2.75) is 349 Å². The smallest absolute Gasteiger partial charge is 0.364 e. The van der Waals surface area contributed by atoms with E-state index in [1.165, 1.54) is 122 Å². The van der Waals surface area contributed by atoms with E-state index in [1.807, 2.05) is 6.08 Å². The van der Waals surface area contributed by atoms with E-state index in [2.05, 4.69) is 36.6 Å². The number of nitrogens with one attached hydrogen (secondary N) is 2. The predicted octanol–water partition coefficient (Wildman–Crippen LogP) is 5.67. The Balaban J connectivity index is 1.62. The van der Waals surface area contributed by atoms with Gasteiger partial charge in [0.15, 0.2) is 12.6 Å². The van der Waals surface area contributed by atoms with E-state index in [0.29, 0.717) is 12.8 Å². The molecule has 18 atom stereocenters. The van der Waals surface area contributed by atoms with Gasteiger partial charge in [0, 0.05) is 19.8 Å². The summed E-state index contributed by atoms with van der Waals surface area (Å²) < 4.78 is 34.8. The highest BCUT2D eigenvalue weighted by Crippen LogP contribution is 2.39. The number of aliphatic carboxylic acids is 1. The highest BCUT2D eigenvalue weighted by Gasteiger charge is 2.60. The summed E-state index contributed by atoms with van der Waals surface area (Å²) in [7, 11) is 0. The zero-order valence-electron chi connectivity index (χ0n) is 54.0. The number of hydrogen-bond acceptors (Lipinski definition) is 20. The Hall–Kier alpha value is -2.79. The minimum Gasteiger partial charge on any atom is -0.477 e. The molecule has 0 aromatic rings. The summed E-state index contributed by atoms with van der Waals surface area (Å²) in [5.41, 5.74) is 0. The van der Waals surface area contributed by atoms with Crippen molar-refractivity contribution in [3.63, 3.8) is 0 Å². The first-order chi connectivity index (χ1) is 42.9. The van der Waals surface area contributed by atoms with Crippen LogP contribution in [0.15, 0.2) is 24.3 Å². The summed E-state index contributed by atoms with van der Waals surface area (Å²) in [4.78, 5) is 38.5. The van der Waals surface area contributed by atoms with Gasteiger partial charge in [-0.2, -0.15) is 0 Å². The first-order valence-corrected chi connectivity index (χ1v) is 34.2. The van der Waals surface area contributed by atoms with Crippen molar-refractivity contribution in [2.75, 3.05) is 26.4 Å². The Morgan fingerprint density at radius 3 is 1.54 bits per heavy atom. The van der Waals surface area contributed by atoms with E-state index >= 15 is 0 Å². The molecule has 3 fully saturated rings. The van der Waals surface area contributed by atoms with Gasteiger partial charge in [0.05, 0.1) is 50.7 Å². The average molecular weight is 1280 g/mol. The molecule has 89 heavy (non-hydrogen) atoms. The van der Waals surface area contributed by atoms with Crippen molar-refractivity contribution in [2.24, 2.45) is 0 Å². The molecule has 0 bridgehead atoms. The van der Waals surface area contributed by atoms with Gasteiger partial charge in [-0.05, 0) is 44.9 Å². The lowest BCUT2D eigenvalue weighted by Gasteiger charge is -2.50. The lowest BCUT2D eigenvalue weighted by molar-refractivity contribution is -0.386. The van der Waals surface area contributed by atoms with E-state index in [4.69, 9.17) is 28.4 Å². The molecule has 3 aliphatic heterocycles. The summed E-state index contributed by atoms with van der Waals surface area (Å²) in [6, 6.07) is -2.62. The van der Waals surface area contributed by atoms with Crippen LogP contribution in [0.4, 0.5) is 0 Å². The van der Waals surface area contributed by atoms with Crippen LogP contribution in [0.25, 0.3) is 0 Å². The fourth-order valence-electron chi connectivity index (χ4n) is 11.9. The van der Waals surface area contributed by atoms with E-state index in [-0.39, 0.29) is 12.3 Å². The number of carbonyl (C=O) groups excluding carboxylic acids is 2. The van der Waals surface area contributed by atoms with Crippen LogP contribution in [0.1, 0.15) is 239 Å². The van der Waals surface area contributed by atoms with Gasteiger partial charge in [0.2, 0.25) is 11.8 Å². The third kappa shape index (κ3) is 30.0. The Labute approximate surface area is 530 Å². The number of allylic oxidation sites excluding steroid dienone is 3. The van der Waals surface area contributed by atoms with Crippen molar-refractivity contribution in [3.8, 4) is 0 Å². The van der Waals surface area contributed by atoms with Gasteiger partial charge >= 0.3 is 5.97 Å². The van der Waals surface area contributed by atoms with E-state index in [1.54, 1.807) is 6.08 Å². The largest absolute Gasteiger partial charge is 0.477 e. The van der Waals surface area contributed by atoms with Crippen molar-refractivity contribution >= 4 is 17.8 Å². The van der Waals surface area contributed by atoms with Crippen molar-refractivity contribution in [1.82, 2.24) is 10.6 Å². The van der Waals surface area contributed by atoms with Crippen LogP contribution in [-0.2, 0) is 42.8 Å². The van der Waals surface area contributed by atoms with E-state index in [9.17, 15) is 75.7 Å². The molecule has 0 spiro atoms. The normalized spacial score (nSPS) is 28.9. The van der Waals surface area contributed by atoms with Crippen LogP contribution in [0.2, 0.25) is 0 Å². The maximum absolute atomic E-state index is 13.4. The fraction of sp³-hybridized carbons (Fsp3) is 0.894. The van der Waals surface area contributed by atoms with Crippen LogP contribution in [0.5, 0.6) is 0 Å². The summed E-state index contributed by atoms with van der Waals surface area (Å²) in [5.74, 6) is -6.15. The molecule has 0 aliphatic carbocycles. The average Bonchev–Trinajstić information content (AvgIpc) is 0.869. The first-order valence-electron chi connectivity index (χ1n) is 34.2. The summed E-state index contributed by atoms with van der Waals surface area (Å²) in [5, 5.41) is 136. The monoisotopic (exact) mass is 1280 g/mol. The van der Waals surface area contributed by atoms with Crippen LogP contribution < -0.4 is 10.6 Å². The Morgan fingerprint density at radius 1 is 0.584 bits per heavy atom. The highest BCUT2D eigenvalue weighted by atomic mass is 16.8. The van der Waals surface area contributed by atoms with Crippen LogP contribution in [0.3, 0.4) is 0 Å². The molecule has 14 N–H and O–H groups in total. The Bertz CT molecular complexity index is 1900. The van der Waals surface area contributed by atoms with Crippen LogP contribution in [0, 0.1) is 0 Å². The zero-order valence-corrected chi connectivity index (χ0v) is 54.0. The summed E-state index contributed by atoms with van der Waals surface area (Å²) in [6.45, 7) is 2.12. The second kappa shape index (κ2) is 47.1. The molecule has 520 valence electrons. The molecule has 0 aromatic heterocycles. The minimum absolute atomic E-state index is 0.195. The first kappa shape index (κ1) is 80.4. The Morgan fingerprint density at radius 2 is 1.06 bits per heavy atom. The fourth-order valence-corrected chi connectivity index (χ4v) is 11.9. The number of carboxylic acid groups (broad SMARTS) is 1. The minimum atomic E-state index is -3.08. The molecule has 0 aromatic carbocycles. The van der Waals surface area contributed by atoms with Crippen molar-refractivity contribution in [1.29, 1.82) is 0 Å². The third-order valence-electron chi connectivity index (χ3n) is 17.4. The Kier molecular flexibility index (Phi) is 42.6. The van der Waals surface area contributed by atoms with Gasteiger partial charge in [0.1, 0.15) is 67.1 Å². The summed E-state index contributed by atoms with van der Waals surface area (Å²) >= 11 is 0. The van der Waals surface area contributed by atoms with Gasteiger partial charge in [-0.25, -0.2) is 4.79 Å². The van der Waals surface area contributed by atoms with Crippen molar-refractivity contribution < 1.29 is 104 Å². The van der Waals surface area contributed by atoms with Gasteiger partial charge in [0.25, 0.3) is 5.79 Å². The maximum Gasteiger partial charge on any atom is 0.364 e. The number of aliphatic hydroxyl groups is 11. The topological polar surface area (TPSA) is 373 Å². The molecule has 3 heterocycles. The number of hydrogen-bond donors (Lipinski definition) is 14. The predicted molar refractivity (Wildman–Crippen MR) is 334 cm³/mol. The number of aliphatic hydroxyl groups excluding tert-OH is 11. The van der Waals surface area contributed by atoms with Gasteiger partial charge in [-0.15, -0.1) is 0 Å². The highest BCUT2D eigenvalue weighted by molar-refractivity contribution is 5.77. The molecule has 3 aliphatic rings. The SMILES string of the molecule is CCCCCC/C=C\CCCCCCCCCC(=O)NC(COC1OC(CO)C(OC2OC(CO)C(O)C(OC3(C(=O)O)CC(O)C(NC(C)=O)C(C(O)C(O)CO)O3)C2O)C(O)C1O)C(O)/C=C/CCCCCCCCCCCCCCCCCCCC. The molecule has 0 radical (unpaired) electrons. The molecular formula is C66H120N2O21. The second-order valence-electron chi connectivity index (χ2n) is 25.0. The quantitative estimate of drug-likeness (QED) is 0.0257. The molecule has 3 saturated heterocycles. The molecule has 3 rings (SSSR count). The number of ether oxygens (including phenoxy) is 6. The van der Waals surface area contributed by atoms with E-state index < -0.39 is 155 Å². The van der Waals surface area contributed by atoms with Gasteiger partial charge in [-0.3, -0.25) is 9.59 Å². The lowest BCUT2D eigenvalue weighted by Crippen LogP contribution is -2.70. The van der Waals surface area contributed by atoms with Gasteiger partial charge in [-0.1, -0.05) is 199 Å². The maximum atomic E-state index is 13.4. The number of carboxylic acids is 1. The van der Waals surface area contributed by atoms with Crippen LogP contribution >= 0.6 is 0 Å². The molecular weight excluding hydrogens is 1160 g/mol. The standard InChI is InChI=1S/C66H120N2O21/c1-4-6-8-10-12-14-16-18-20-21-22-23-24-26-27-29-31-33-35-37-39-48(73)47(68-53(76)40-38-36-34-32-30-28-25-19-17-15-13-11-9-7-5-2)45-84-63-58(80)57(79)60(52(44-71)86-63)87-64-59(81)62(56(78)51(43-70)85-64)89-66(65(82)83)41-49(74)54(67-46(3)72)61(88-66)55(77)50(75)42-69/h15,17,37,39,47-52,54-64,69-71,73-75,77-81H,4-14,16,18-36,38,40-45H2,1-3H3,(H,67,72)(H,68,76)(H,82,83)/b17-15-,39-37+. The third-order valence-corrected chi connectivity index (χ3v) is 17.4. The second-order valence-corrected chi connectivity index (χ2v) is 25.0. The number of amides is 2. The molecule has 0 saturated carbocycles. The van der Waals surface area contributed by atoms with E-state index in [0.717, 1.165) is 77.6 Å². The number of rotatable bonds is 51. The molecule has 23 heteroatoms. The lowest BCUT2D eigenvalue weighted by atomic mass is 9.88. The molecule has 2 amide bonds. The zero-order chi connectivity index (χ0) is 65.4.